The first-order chi connectivity index (χ1) is 14.2. The summed E-state index contributed by atoms with van der Waals surface area (Å²) >= 11 is 12.0. The Kier molecular flexibility index (Phi) is 7.00. The molecule has 0 spiro atoms. The highest BCUT2D eigenvalue weighted by Crippen LogP contribution is 2.24. The maximum atomic E-state index is 12.7. The van der Waals surface area contributed by atoms with Crippen LogP contribution in [0.2, 0.25) is 10.0 Å². The Bertz CT molecular complexity index is 1010. The number of carbonyl (C=O) groups is 1. The molecule has 0 unspecified atom stereocenters. The van der Waals surface area contributed by atoms with Crippen molar-refractivity contribution < 1.29 is 19.7 Å². The maximum absolute atomic E-state index is 12.7. The van der Waals surface area contributed by atoms with Gasteiger partial charge in [-0.2, -0.15) is 0 Å². The van der Waals surface area contributed by atoms with E-state index in [9.17, 15) is 15.0 Å². The van der Waals surface area contributed by atoms with Crippen LogP contribution in [0.25, 0.3) is 0 Å². The molecule has 0 aliphatic rings. The zero-order chi connectivity index (χ0) is 21.7. The van der Waals surface area contributed by atoms with Gasteiger partial charge in [0.1, 0.15) is 12.4 Å². The Morgan fingerprint density at radius 1 is 0.933 bits per heavy atom. The molecule has 0 aliphatic carbocycles. The summed E-state index contributed by atoms with van der Waals surface area (Å²) in [5, 5.41) is 23.1. The van der Waals surface area contributed by atoms with Crippen LogP contribution < -0.4 is 10.1 Å². The van der Waals surface area contributed by atoms with Crippen molar-refractivity contribution in [2.24, 2.45) is 0 Å². The Labute approximate surface area is 184 Å². The second-order valence-corrected chi connectivity index (χ2v) is 7.83. The molecule has 3 aromatic carbocycles. The van der Waals surface area contributed by atoms with E-state index in [2.05, 4.69) is 5.32 Å². The molecule has 0 atom stereocenters. The van der Waals surface area contributed by atoms with E-state index >= 15 is 0 Å². The van der Waals surface area contributed by atoms with Crippen molar-refractivity contribution in [2.75, 3.05) is 0 Å². The highest BCUT2D eigenvalue weighted by Gasteiger charge is 2.18. The second kappa shape index (κ2) is 9.49. The number of rotatable bonds is 7. The van der Waals surface area contributed by atoms with E-state index < -0.39 is 5.79 Å². The van der Waals surface area contributed by atoms with E-state index in [4.69, 9.17) is 27.9 Å². The van der Waals surface area contributed by atoms with Crippen LogP contribution >= 0.6 is 23.2 Å². The molecule has 7 heteroatoms. The Balaban J connectivity index is 1.67. The minimum Gasteiger partial charge on any atom is -0.488 e. The van der Waals surface area contributed by atoms with Gasteiger partial charge in [0.05, 0.1) is 5.56 Å². The third kappa shape index (κ3) is 5.97. The molecule has 0 bridgehead atoms. The zero-order valence-corrected chi connectivity index (χ0v) is 17.7. The van der Waals surface area contributed by atoms with Crippen LogP contribution in [0.15, 0.2) is 66.7 Å². The molecule has 0 fully saturated rings. The number of halogens is 2. The van der Waals surface area contributed by atoms with Crippen LogP contribution in [0.3, 0.4) is 0 Å². The minimum absolute atomic E-state index is 0.260. The molecule has 30 heavy (non-hydrogen) atoms. The number of carbonyl (C=O) groups excluding carboxylic acids is 1. The number of nitrogens with one attached hydrogen (secondary N) is 1. The van der Waals surface area contributed by atoms with Gasteiger partial charge in [-0.15, -0.1) is 0 Å². The average Bonchev–Trinajstić information content (AvgIpc) is 2.72. The minimum atomic E-state index is -1.90. The van der Waals surface area contributed by atoms with Crippen molar-refractivity contribution in [3.63, 3.8) is 0 Å². The molecular formula is C23H21Cl2NO4. The lowest BCUT2D eigenvalue weighted by atomic mass is 10.1. The molecule has 1 amide bonds. The molecule has 0 radical (unpaired) electrons. The van der Waals surface area contributed by atoms with Gasteiger partial charge in [0.2, 0.25) is 0 Å². The summed E-state index contributed by atoms with van der Waals surface area (Å²) in [6.45, 7) is 1.83. The van der Waals surface area contributed by atoms with E-state index in [1.54, 1.807) is 54.6 Å². The first-order valence-electron chi connectivity index (χ1n) is 9.21. The van der Waals surface area contributed by atoms with Crippen LogP contribution in [0.1, 0.15) is 34.0 Å². The zero-order valence-electron chi connectivity index (χ0n) is 16.2. The van der Waals surface area contributed by atoms with Crippen molar-refractivity contribution >= 4 is 29.1 Å². The van der Waals surface area contributed by atoms with Crippen LogP contribution in [-0.4, -0.2) is 16.1 Å². The quantitative estimate of drug-likeness (QED) is 0.462. The van der Waals surface area contributed by atoms with Crippen LogP contribution in [0.5, 0.6) is 5.75 Å². The van der Waals surface area contributed by atoms with Gasteiger partial charge in [0, 0.05) is 22.2 Å². The summed E-state index contributed by atoms with van der Waals surface area (Å²) in [6, 6.07) is 18.8. The Hall–Kier alpha value is -2.57. The van der Waals surface area contributed by atoms with Crippen LogP contribution in [0.4, 0.5) is 0 Å². The number of amides is 1. The molecule has 0 aliphatic heterocycles. The Morgan fingerprint density at radius 2 is 1.53 bits per heavy atom. The lowest BCUT2D eigenvalue weighted by molar-refractivity contribution is -0.152. The summed E-state index contributed by atoms with van der Waals surface area (Å²) in [7, 11) is 0. The third-order valence-electron chi connectivity index (χ3n) is 4.45. The smallest absolute Gasteiger partial charge is 0.255 e. The second-order valence-electron chi connectivity index (χ2n) is 6.96. The fourth-order valence-electron chi connectivity index (χ4n) is 2.76. The lowest BCUT2D eigenvalue weighted by Crippen LogP contribution is -2.24. The summed E-state index contributed by atoms with van der Waals surface area (Å²) in [5.74, 6) is -1.82. The number of ether oxygens (including phenoxy) is 1. The largest absolute Gasteiger partial charge is 0.488 e. The van der Waals surface area contributed by atoms with Crippen molar-refractivity contribution in [3.8, 4) is 5.75 Å². The fourth-order valence-corrected chi connectivity index (χ4v) is 3.06. The van der Waals surface area contributed by atoms with Gasteiger partial charge in [0.15, 0.2) is 5.79 Å². The number of aliphatic hydroxyl groups is 2. The molecule has 5 nitrogen and oxygen atoms in total. The van der Waals surface area contributed by atoms with Crippen molar-refractivity contribution in [3.05, 3.63) is 99.0 Å². The predicted molar refractivity (Wildman–Crippen MR) is 117 cm³/mol. The van der Waals surface area contributed by atoms with Gasteiger partial charge in [-0.05, 0) is 48.4 Å². The van der Waals surface area contributed by atoms with Gasteiger partial charge < -0.3 is 20.3 Å². The summed E-state index contributed by atoms with van der Waals surface area (Å²) in [5.41, 5.74) is 2.42. The van der Waals surface area contributed by atoms with E-state index in [1.807, 2.05) is 12.1 Å². The highest BCUT2D eigenvalue weighted by molar-refractivity contribution is 6.31. The Morgan fingerprint density at radius 3 is 2.17 bits per heavy atom. The topological polar surface area (TPSA) is 78.8 Å². The van der Waals surface area contributed by atoms with E-state index in [0.29, 0.717) is 26.9 Å². The standard InChI is InChI=1S/C23H21Cl2NO4/c1-23(28,29)17-6-2-15(3-7-17)13-26-22(27)20-12-19(25)10-11-21(20)30-14-16-4-8-18(24)9-5-16/h2-12,28-29H,13-14H2,1H3,(H,26,27). The highest BCUT2D eigenvalue weighted by atomic mass is 35.5. The molecule has 0 saturated heterocycles. The molecule has 0 heterocycles. The van der Waals surface area contributed by atoms with E-state index in [-0.39, 0.29) is 19.1 Å². The van der Waals surface area contributed by atoms with Gasteiger partial charge in [-0.1, -0.05) is 59.6 Å². The fraction of sp³-hybridized carbons (Fsp3) is 0.174. The van der Waals surface area contributed by atoms with E-state index in [1.165, 1.54) is 6.92 Å². The van der Waals surface area contributed by atoms with Gasteiger partial charge in [0.25, 0.3) is 5.91 Å². The lowest BCUT2D eigenvalue weighted by Gasteiger charge is -2.16. The van der Waals surface area contributed by atoms with Gasteiger partial charge in [-0.25, -0.2) is 0 Å². The van der Waals surface area contributed by atoms with E-state index in [0.717, 1.165) is 11.1 Å². The molecule has 0 aromatic heterocycles. The number of benzene rings is 3. The van der Waals surface area contributed by atoms with Crippen molar-refractivity contribution in [1.82, 2.24) is 5.32 Å². The molecule has 0 saturated carbocycles. The van der Waals surface area contributed by atoms with Gasteiger partial charge >= 0.3 is 0 Å². The number of hydrogen-bond acceptors (Lipinski definition) is 4. The number of hydrogen-bond donors (Lipinski definition) is 3. The monoisotopic (exact) mass is 445 g/mol. The molecule has 3 aromatic rings. The molecule has 3 rings (SSSR count). The SMILES string of the molecule is CC(O)(O)c1ccc(CNC(=O)c2cc(Cl)ccc2OCc2ccc(Cl)cc2)cc1. The first-order valence-corrected chi connectivity index (χ1v) is 9.97. The maximum Gasteiger partial charge on any atom is 0.255 e. The molecule has 3 N–H and O–H groups in total. The summed E-state index contributed by atoms with van der Waals surface area (Å²) in [6.07, 6.45) is 0. The third-order valence-corrected chi connectivity index (χ3v) is 4.93. The van der Waals surface area contributed by atoms with Gasteiger partial charge in [-0.3, -0.25) is 4.79 Å². The van der Waals surface area contributed by atoms with Crippen molar-refractivity contribution in [1.29, 1.82) is 0 Å². The molecule has 156 valence electrons. The predicted octanol–water partition coefficient (Wildman–Crippen LogP) is 4.66. The first kappa shape index (κ1) is 22.1. The summed E-state index contributed by atoms with van der Waals surface area (Å²) < 4.78 is 5.83. The molecular weight excluding hydrogens is 425 g/mol. The van der Waals surface area contributed by atoms with Crippen LogP contribution in [0, 0.1) is 0 Å². The normalized spacial score (nSPS) is 11.2. The van der Waals surface area contributed by atoms with Crippen LogP contribution in [-0.2, 0) is 18.9 Å². The summed E-state index contributed by atoms with van der Waals surface area (Å²) in [4.78, 5) is 12.7. The van der Waals surface area contributed by atoms with Crippen molar-refractivity contribution in [2.45, 2.75) is 25.9 Å². The average molecular weight is 446 g/mol.